The molecule has 0 aliphatic heterocycles. The number of aromatic nitrogens is 2. The van der Waals surface area contributed by atoms with Crippen LogP contribution in [0.4, 0.5) is 0 Å². The molecule has 0 atom stereocenters. The summed E-state index contributed by atoms with van der Waals surface area (Å²) in [6, 6.07) is 0. The molecule has 7 heavy (non-hydrogen) atoms. The SMILES string of the molecule is [NH2-].[Y].c1c[n-]cn1. The number of nitrogens with two attached hydrogens (primary N) is 1. The van der Waals surface area contributed by atoms with E-state index in [2.05, 4.69) is 9.97 Å². The zero-order valence-electron chi connectivity index (χ0n) is 3.78. The smallest absolute Gasteiger partial charge is 0 e. The van der Waals surface area contributed by atoms with Gasteiger partial charge in [-0.2, -0.15) is 0 Å². The van der Waals surface area contributed by atoms with E-state index >= 15 is 0 Å². The number of hydrogen-bond donors (Lipinski definition) is 0. The molecule has 0 aliphatic carbocycles. The molecule has 3 nitrogen and oxygen atoms in total. The van der Waals surface area contributed by atoms with Crippen LogP contribution in [0.2, 0.25) is 0 Å². The first-order valence-electron chi connectivity index (χ1n) is 1.37. The molecule has 1 rings (SSSR count). The maximum Gasteiger partial charge on any atom is 0 e. The van der Waals surface area contributed by atoms with Crippen LogP contribution in [0, 0.1) is 0 Å². The molecular weight excluding hydrogens is 167 g/mol. The summed E-state index contributed by atoms with van der Waals surface area (Å²) in [5, 5.41) is 0. The number of nitrogens with zero attached hydrogens (tertiary/aromatic N) is 2. The van der Waals surface area contributed by atoms with Crippen LogP contribution in [0.15, 0.2) is 18.7 Å². The van der Waals surface area contributed by atoms with E-state index in [0.717, 1.165) is 0 Å². The van der Waals surface area contributed by atoms with Gasteiger partial charge >= 0.3 is 0 Å². The van der Waals surface area contributed by atoms with Crippen LogP contribution in [0.25, 0.3) is 6.15 Å². The fraction of sp³-hybridized carbons (Fsp3) is 0. The van der Waals surface area contributed by atoms with Gasteiger partial charge in [-0.15, -0.1) is 0 Å². The molecule has 0 saturated heterocycles. The van der Waals surface area contributed by atoms with Gasteiger partial charge in [0.1, 0.15) is 0 Å². The molecule has 0 fully saturated rings. The second-order valence-electron chi connectivity index (χ2n) is 0.712. The van der Waals surface area contributed by atoms with Crippen molar-refractivity contribution in [1.82, 2.24) is 9.97 Å². The molecular formula is C3H5N3Y-2. The first-order chi connectivity index (χ1) is 2.50. The van der Waals surface area contributed by atoms with Crippen LogP contribution >= 0.6 is 0 Å². The summed E-state index contributed by atoms with van der Waals surface area (Å²) >= 11 is 0. The van der Waals surface area contributed by atoms with Gasteiger partial charge in [0.25, 0.3) is 0 Å². The van der Waals surface area contributed by atoms with Crippen LogP contribution < -0.4 is 4.98 Å². The third kappa shape index (κ3) is 4.12. The normalized spacial score (nSPS) is 5.71. The zero-order chi connectivity index (χ0) is 3.54. The predicted octanol–water partition coefficient (Wildman–Crippen LogP) is 0.753. The van der Waals surface area contributed by atoms with Gasteiger partial charge in [0.2, 0.25) is 0 Å². The van der Waals surface area contributed by atoms with Crippen molar-refractivity contribution in [2.75, 3.05) is 0 Å². The van der Waals surface area contributed by atoms with Crippen molar-refractivity contribution in [2.45, 2.75) is 0 Å². The first kappa shape index (κ1) is 10.3. The Balaban J connectivity index is 0. The zero-order valence-corrected chi connectivity index (χ0v) is 6.62. The number of hydrogen-bond acceptors (Lipinski definition) is 1. The molecule has 0 amide bonds. The predicted molar refractivity (Wildman–Crippen MR) is 22.8 cm³/mol. The van der Waals surface area contributed by atoms with Crippen molar-refractivity contribution < 1.29 is 32.7 Å². The Labute approximate surface area is 67.4 Å². The first-order valence-corrected chi connectivity index (χ1v) is 1.37. The molecule has 1 radical (unpaired) electrons. The van der Waals surface area contributed by atoms with Crippen molar-refractivity contribution >= 4 is 0 Å². The summed E-state index contributed by atoms with van der Waals surface area (Å²) in [5.41, 5.74) is 0. The van der Waals surface area contributed by atoms with Crippen molar-refractivity contribution in [3.63, 3.8) is 0 Å². The molecule has 0 spiro atoms. The van der Waals surface area contributed by atoms with Crippen molar-refractivity contribution in [3.05, 3.63) is 24.9 Å². The van der Waals surface area contributed by atoms with E-state index < -0.39 is 0 Å². The van der Waals surface area contributed by atoms with Gasteiger partial charge in [0, 0.05) is 32.7 Å². The summed E-state index contributed by atoms with van der Waals surface area (Å²) in [5.74, 6) is 0. The molecule has 37 valence electrons. The van der Waals surface area contributed by atoms with Crippen LogP contribution in [0.5, 0.6) is 0 Å². The van der Waals surface area contributed by atoms with E-state index in [-0.39, 0.29) is 38.9 Å². The van der Waals surface area contributed by atoms with Gasteiger partial charge in [0.15, 0.2) is 0 Å². The monoisotopic (exact) mass is 172 g/mol. The average Bonchev–Trinajstić information content (AvgIpc) is 1.76. The largest absolute Gasteiger partial charge is 0.693 e. The third-order valence-corrected chi connectivity index (χ3v) is 0.372. The van der Waals surface area contributed by atoms with Crippen LogP contribution in [0.1, 0.15) is 0 Å². The Bertz CT molecular complexity index is 66.7. The van der Waals surface area contributed by atoms with Gasteiger partial charge < -0.3 is 16.1 Å². The summed E-state index contributed by atoms with van der Waals surface area (Å²) in [6.45, 7) is 0. The summed E-state index contributed by atoms with van der Waals surface area (Å²) < 4.78 is 0. The standard InChI is InChI=1S/C3H3N2.H2N.Y/c1-2-5-3-4-1;;/h1-3H;1H2;/q2*-1;. The fourth-order valence-electron chi connectivity index (χ4n) is 0.192. The van der Waals surface area contributed by atoms with E-state index in [1.165, 1.54) is 6.33 Å². The molecule has 4 heteroatoms. The Morgan fingerprint density at radius 1 is 1.43 bits per heavy atom. The van der Waals surface area contributed by atoms with Gasteiger partial charge in [0.05, 0.1) is 0 Å². The van der Waals surface area contributed by atoms with E-state index in [0.29, 0.717) is 0 Å². The van der Waals surface area contributed by atoms with Gasteiger partial charge in [-0.25, -0.2) is 0 Å². The molecule has 0 unspecified atom stereocenters. The molecule has 1 aromatic rings. The van der Waals surface area contributed by atoms with E-state index in [1.54, 1.807) is 12.4 Å². The van der Waals surface area contributed by atoms with Crippen LogP contribution in [-0.2, 0) is 32.7 Å². The maximum absolute atomic E-state index is 3.61. The molecule has 0 aliphatic rings. The molecule has 0 bridgehead atoms. The molecule has 0 saturated carbocycles. The van der Waals surface area contributed by atoms with E-state index in [9.17, 15) is 0 Å². The molecule has 1 heterocycles. The topological polar surface area (TPSA) is 60.5 Å². The Morgan fingerprint density at radius 2 is 2.14 bits per heavy atom. The number of rotatable bonds is 0. The van der Waals surface area contributed by atoms with Crippen molar-refractivity contribution in [2.24, 2.45) is 0 Å². The maximum atomic E-state index is 3.61. The Kier molecular flexibility index (Phi) is 9.23. The molecule has 0 aromatic carbocycles. The van der Waals surface area contributed by atoms with Gasteiger partial charge in [-0.05, 0) is 0 Å². The van der Waals surface area contributed by atoms with E-state index in [1.807, 2.05) is 0 Å². The molecule has 1 aromatic heterocycles. The fourth-order valence-corrected chi connectivity index (χ4v) is 0.192. The van der Waals surface area contributed by atoms with Gasteiger partial charge in [-0.1, -0.05) is 18.7 Å². The summed E-state index contributed by atoms with van der Waals surface area (Å²) in [7, 11) is 0. The minimum Gasteiger partial charge on any atom is -0.693 e. The quantitative estimate of drug-likeness (QED) is 0.579. The second kappa shape index (κ2) is 6.27. The average molecular weight is 172 g/mol. The Morgan fingerprint density at radius 3 is 2.29 bits per heavy atom. The second-order valence-corrected chi connectivity index (χ2v) is 0.712. The summed E-state index contributed by atoms with van der Waals surface area (Å²) in [6.07, 6.45) is 4.78. The van der Waals surface area contributed by atoms with E-state index in [4.69, 9.17) is 0 Å². The van der Waals surface area contributed by atoms with Crippen LogP contribution in [0.3, 0.4) is 0 Å². The minimum atomic E-state index is 0. The van der Waals surface area contributed by atoms with Crippen LogP contribution in [-0.4, -0.2) is 4.98 Å². The number of imidazole rings is 1. The Hall–Kier alpha value is 0.274. The third-order valence-electron chi connectivity index (χ3n) is 0.372. The van der Waals surface area contributed by atoms with Crippen molar-refractivity contribution in [1.29, 1.82) is 0 Å². The summed E-state index contributed by atoms with van der Waals surface area (Å²) in [4.78, 5) is 7.22. The van der Waals surface area contributed by atoms with Crippen molar-refractivity contribution in [3.8, 4) is 0 Å². The molecule has 2 N–H and O–H groups in total. The van der Waals surface area contributed by atoms with Gasteiger partial charge in [-0.3, -0.25) is 0 Å². The minimum absolute atomic E-state index is 0.